The number of hydrogen-bond acceptors (Lipinski definition) is 2. The normalized spacial score (nSPS) is 26.3. The topological polar surface area (TPSA) is 58.2 Å². The molecule has 2 atom stereocenters. The molecule has 1 rings (SSSR count). The van der Waals surface area contributed by atoms with Crippen LogP contribution in [-0.4, -0.2) is 23.9 Å². The quantitative estimate of drug-likeness (QED) is 0.625. The van der Waals surface area contributed by atoms with Crippen LogP contribution < -0.4 is 10.6 Å². The molecular formula is C10H14N2O2. The van der Waals surface area contributed by atoms with Gasteiger partial charge in [-0.15, -0.1) is 13.2 Å². The Morgan fingerprint density at radius 1 is 1.00 bits per heavy atom. The van der Waals surface area contributed by atoms with E-state index in [1.165, 1.54) is 0 Å². The van der Waals surface area contributed by atoms with Crippen molar-refractivity contribution in [2.24, 2.45) is 0 Å². The average molecular weight is 194 g/mol. The van der Waals surface area contributed by atoms with Crippen molar-refractivity contribution >= 4 is 11.8 Å². The minimum Gasteiger partial charge on any atom is -0.342 e. The number of carbonyl (C=O) groups excluding carboxylic acids is 2. The SMILES string of the molecule is C=CCC1NC(=O)C(CC=C)NC1=O. The van der Waals surface area contributed by atoms with Crippen LogP contribution in [-0.2, 0) is 9.59 Å². The molecule has 14 heavy (non-hydrogen) atoms. The lowest BCUT2D eigenvalue weighted by atomic mass is 10.1. The van der Waals surface area contributed by atoms with Crippen molar-refractivity contribution in [1.29, 1.82) is 0 Å². The molecule has 0 bridgehead atoms. The third kappa shape index (κ3) is 2.22. The number of piperazine rings is 1. The van der Waals surface area contributed by atoms with Gasteiger partial charge in [-0.1, -0.05) is 12.2 Å². The molecule has 1 aliphatic heterocycles. The zero-order valence-corrected chi connectivity index (χ0v) is 7.95. The monoisotopic (exact) mass is 194 g/mol. The van der Waals surface area contributed by atoms with Crippen LogP contribution in [0.5, 0.6) is 0 Å². The summed E-state index contributed by atoms with van der Waals surface area (Å²) in [6, 6.07) is -0.942. The van der Waals surface area contributed by atoms with E-state index in [0.717, 1.165) is 0 Å². The van der Waals surface area contributed by atoms with Crippen LogP contribution in [0.4, 0.5) is 0 Å². The lowest BCUT2D eigenvalue weighted by Crippen LogP contribution is -2.61. The first kappa shape index (κ1) is 10.5. The standard InChI is InChI=1S/C10H14N2O2/c1-3-5-7-9(13)12-8(6-4-2)10(14)11-7/h3-4,7-8H,1-2,5-6H2,(H,11,14)(H,12,13). The number of hydrogen-bond donors (Lipinski definition) is 2. The second-order valence-electron chi connectivity index (χ2n) is 3.17. The van der Waals surface area contributed by atoms with Gasteiger partial charge in [-0.25, -0.2) is 0 Å². The summed E-state index contributed by atoms with van der Waals surface area (Å²) in [5, 5.41) is 5.26. The summed E-state index contributed by atoms with van der Waals surface area (Å²) in [6.07, 6.45) is 4.13. The molecule has 0 spiro atoms. The molecule has 1 aliphatic rings. The number of carbonyl (C=O) groups is 2. The maximum atomic E-state index is 11.4. The van der Waals surface area contributed by atoms with Crippen LogP contribution in [0.1, 0.15) is 12.8 Å². The van der Waals surface area contributed by atoms with Gasteiger partial charge in [0.2, 0.25) is 11.8 Å². The van der Waals surface area contributed by atoms with E-state index in [-0.39, 0.29) is 11.8 Å². The van der Waals surface area contributed by atoms with Gasteiger partial charge in [0.1, 0.15) is 12.1 Å². The highest BCUT2D eigenvalue weighted by Crippen LogP contribution is 2.04. The highest BCUT2D eigenvalue weighted by Gasteiger charge is 2.31. The first-order valence-electron chi connectivity index (χ1n) is 4.51. The Kier molecular flexibility index (Phi) is 3.45. The molecule has 76 valence electrons. The summed E-state index contributed by atoms with van der Waals surface area (Å²) in [5.74, 6) is -0.312. The minimum atomic E-state index is -0.471. The fourth-order valence-electron chi connectivity index (χ4n) is 1.34. The van der Waals surface area contributed by atoms with Crippen LogP contribution in [0, 0.1) is 0 Å². The third-order valence-electron chi connectivity index (χ3n) is 2.07. The van der Waals surface area contributed by atoms with Gasteiger partial charge in [-0.3, -0.25) is 9.59 Å². The molecule has 4 heteroatoms. The van der Waals surface area contributed by atoms with Gasteiger partial charge in [0.25, 0.3) is 0 Å². The molecule has 0 radical (unpaired) electrons. The predicted octanol–water partition coefficient (Wildman–Crippen LogP) is 0.122. The van der Waals surface area contributed by atoms with Crippen molar-refractivity contribution in [3.05, 3.63) is 25.3 Å². The van der Waals surface area contributed by atoms with Gasteiger partial charge >= 0.3 is 0 Å². The summed E-state index contributed by atoms with van der Waals surface area (Å²) in [5.41, 5.74) is 0. The van der Waals surface area contributed by atoms with Crippen molar-refractivity contribution in [3.63, 3.8) is 0 Å². The highest BCUT2D eigenvalue weighted by molar-refractivity contribution is 5.97. The van der Waals surface area contributed by atoms with E-state index in [2.05, 4.69) is 23.8 Å². The minimum absolute atomic E-state index is 0.156. The molecular weight excluding hydrogens is 180 g/mol. The van der Waals surface area contributed by atoms with Crippen LogP contribution >= 0.6 is 0 Å². The Bertz CT molecular complexity index is 245. The van der Waals surface area contributed by atoms with Crippen molar-refractivity contribution in [2.75, 3.05) is 0 Å². The molecule has 1 heterocycles. The molecule has 2 unspecified atom stereocenters. The maximum Gasteiger partial charge on any atom is 0.243 e. The number of nitrogens with one attached hydrogen (secondary N) is 2. The molecule has 0 saturated carbocycles. The second-order valence-corrected chi connectivity index (χ2v) is 3.17. The van der Waals surface area contributed by atoms with Gasteiger partial charge in [-0.2, -0.15) is 0 Å². The number of rotatable bonds is 4. The molecule has 0 aromatic carbocycles. The Hall–Kier alpha value is -1.58. The van der Waals surface area contributed by atoms with E-state index in [1.807, 2.05) is 0 Å². The Balaban J connectivity index is 2.61. The van der Waals surface area contributed by atoms with Crippen LogP contribution in [0.15, 0.2) is 25.3 Å². The smallest absolute Gasteiger partial charge is 0.243 e. The highest BCUT2D eigenvalue weighted by atomic mass is 16.2. The summed E-state index contributed by atoms with van der Waals surface area (Å²) in [6.45, 7) is 7.04. The van der Waals surface area contributed by atoms with Crippen molar-refractivity contribution in [1.82, 2.24) is 10.6 Å². The zero-order chi connectivity index (χ0) is 10.6. The van der Waals surface area contributed by atoms with E-state index in [1.54, 1.807) is 12.2 Å². The zero-order valence-electron chi connectivity index (χ0n) is 7.95. The molecule has 4 nitrogen and oxygen atoms in total. The summed E-state index contributed by atoms with van der Waals surface area (Å²) in [7, 11) is 0. The Morgan fingerprint density at radius 3 is 1.64 bits per heavy atom. The van der Waals surface area contributed by atoms with E-state index < -0.39 is 12.1 Å². The van der Waals surface area contributed by atoms with Crippen LogP contribution in [0.3, 0.4) is 0 Å². The third-order valence-corrected chi connectivity index (χ3v) is 2.07. The van der Waals surface area contributed by atoms with E-state index >= 15 is 0 Å². The summed E-state index contributed by atoms with van der Waals surface area (Å²) < 4.78 is 0. The second kappa shape index (κ2) is 4.60. The molecule has 2 N–H and O–H groups in total. The fourth-order valence-corrected chi connectivity index (χ4v) is 1.34. The van der Waals surface area contributed by atoms with Gasteiger partial charge in [0.15, 0.2) is 0 Å². The molecule has 2 amide bonds. The van der Waals surface area contributed by atoms with Gasteiger partial charge in [-0.05, 0) is 12.8 Å². The molecule has 1 saturated heterocycles. The molecule has 0 aromatic rings. The Labute approximate surface area is 83.1 Å². The van der Waals surface area contributed by atoms with Crippen molar-refractivity contribution in [3.8, 4) is 0 Å². The molecule has 0 aromatic heterocycles. The first-order valence-corrected chi connectivity index (χ1v) is 4.51. The van der Waals surface area contributed by atoms with Crippen molar-refractivity contribution in [2.45, 2.75) is 24.9 Å². The first-order chi connectivity index (χ1) is 6.69. The van der Waals surface area contributed by atoms with Crippen molar-refractivity contribution < 1.29 is 9.59 Å². The molecule has 1 fully saturated rings. The van der Waals surface area contributed by atoms with Gasteiger partial charge < -0.3 is 10.6 Å². The predicted molar refractivity (Wildman–Crippen MR) is 53.5 cm³/mol. The Morgan fingerprint density at radius 2 is 1.36 bits per heavy atom. The number of amides is 2. The maximum absolute atomic E-state index is 11.4. The summed E-state index contributed by atoms with van der Waals surface area (Å²) in [4.78, 5) is 22.8. The van der Waals surface area contributed by atoms with E-state index in [9.17, 15) is 9.59 Å². The van der Waals surface area contributed by atoms with Crippen LogP contribution in [0.2, 0.25) is 0 Å². The molecule has 0 aliphatic carbocycles. The lowest BCUT2D eigenvalue weighted by molar-refractivity contribution is -0.136. The van der Waals surface area contributed by atoms with Crippen LogP contribution in [0.25, 0.3) is 0 Å². The van der Waals surface area contributed by atoms with E-state index in [4.69, 9.17) is 0 Å². The van der Waals surface area contributed by atoms with Gasteiger partial charge in [0, 0.05) is 0 Å². The largest absolute Gasteiger partial charge is 0.342 e. The summed E-state index contributed by atoms with van der Waals surface area (Å²) >= 11 is 0. The fraction of sp³-hybridized carbons (Fsp3) is 0.400. The van der Waals surface area contributed by atoms with Gasteiger partial charge in [0.05, 0.1) is 0 Å². The average Bonchev–Trinajstić information content (AvgIpc) is 2.14. The lowest BCUT2D eigenvalue weighted by Gasteiger charge is -2.28. The van der Waals surface area contributed by atoms with E-state index in [0.29, 0.717) is 12.8 Å².